The molecule has 3 rings (SSSR count). The number of anilines is 1. The highest BCUT2D eigenvalue weighted by molar-refractivity contribution is 6.34. The van der Waals surface area contributed by atoms with Crippen LogP contribution < -0.4 is 5.32 Å². The Morgan fingerprint density at radius 1 is 0.962 bits per heavy atom. The van der Waals surface area contributed by atoms with Gasteiger partial charge in [0.05, 0.1) is 22.8 Å². The first-order valence-electron chi connectivity index (χ1n) is 8.63. The number of rotatable bonds is 5. The molecule has 26 heavy (non-hydrogen) atoms. The fraction of sp³-hybridized carbons (Fsp3) is 0.300. The lowest BCUT2D eigenvalue weighted by atomic mass is 10.1. The Morgan fingerprint density at radius 3 is 2.27 bits per heavy atom. The van der Waals surface area contributed by atoms with Gasteiger partial charge in [0.1, 0.15) is 0 Å². The molecular weight excluding hydrogens is 350 g/mol. The van der Waals surface area contributed by atoms with Crippen molar-refractivity contribution in [3.63, 3.8) is 0 Å². The summed E-state index contributed by atoms with van der Waals surface area (Å²) >= 11 is 6.09. The van der Waals surface area contributed by atoms with E-state index in [1.165, 1.54) is 0 Å². The molecule has 1 saturated heterocycles. The summed E-state index contributed by atoms with van der Waals surface area (Å²) in [5.41, 5.74) is 1.42. The highest BCUT2D eigenvalue weighted by Gasteiger charge is 2.20. The van der Waals surface area contributed by atoms with Gasteiger partial charge in [0.15, 0.2) is 5.78 Å². The zero-order chi connectivity index (χ0) is 18.5. The SMILES string of the molecule is CN1CCN(CC(=O)c2ccccc2NC(=O)c2ccccc2Cl)CC1. The van der Waals surface area contributed by atoms with E-state index >= 15 is 0 Å². The maximum Gasteiger partial charge on any atom is 0.257 e. The smallest absolute Gasteiger partial charge is 0.257 e. The van der Waals surface area contributed by atoms with Crippen LogP contribution in [-0.2, 0) is 0 Å². The van der Waals surface area contributed by atoms with Crippen LogP contribution in [0.15, 0.2) is 48.5 Å². The first kappa shape index (κ1) is 18.6. The van der Waals surface area contributed by atoms with Gasteiger partial charge in [-0.2, -0.15) is 0 Å². The summed E-state index contributed by atoms with van der Waals surface area (Å²) in [7, 11) is 2.08. The lowest BCUT2D eigenvalue weighted by Crippen LogP contribution is -2.46. The van der Waals surface area contributed by atoms with E-state index in [1.807, 2.05) is 6.07 Å². The molecule has 1 aliphatic rings. The van der Waals surface area contributed by atoms with Crippen LogP contribution in [0.4, 0.5) is 5.69 Å². The van der Waals surface area contributed by atoms with Crippen LogP contribution in [0, 0.1) is 0 Å². The van der Waals surface area contributed by atoms with Crippen molar-refractivity contribution in [2.45, 2.75) is 0 Å². The number of carbonyl (C=O) groups is 2. The van der Waals surface area contributed by atoms with Crippen LogP contribution in [0.25, 0.3) is 0 Å². The van der Waals surface area contributed by atoms with Gasteiger partial charge in [0, 0.05) is 31.7 Å². The summed E-state index contributed by atoms with van der Waals surface area (Å²) in [4.78, 5) is 29.7. The predicted octanol–water partition coefficient (Wildman–Crippen LogP) is 3.02. The molecule has 1 N–H and O–H groups in total. The maximum absolute atomic E-state index is 12.8. The molecule has 6 heteroatoms. The molecule has 1 aliphatic heterocycles. The second kappa shape index (κ2) is 8.45. The average molecular weight is 372 g/mol. The number of para-hydroxylation sites is 1. The summed E-state index contributed by atoms with van der Waals surface area (Å²) in [5.74, 6) is -0.319. The van der Waals surface area contributed by atoms with E-state index in [0.717, 1.165) is 26.2 Å². The van der Waals surface area contributed by atoms with Gasteiger partial charge >= 0.3 is 0 Å². The molecule has 1 amide bonds. The fourth-order valence-corrected chi connectivity index (χ4v) is 3.19. The van der Waals surface area contributed by atoms with Crippen molar-refractivity contribution in [1.82, 2.24) is 9.80 Å². The van der Waals surface area contributed by atoms with Crippen LogP contribution in [-0.4, -0.2) is 61.3 Å². The molecule has 1 fully saturated rings. The lowest BCUT2D eigenvalue weighted by Gasteiger charge is -2.31. The second-order valence-corrected chi connectivity index (χ2v) is 6.89. The first-order valence-corrected chi connectivity index (χ1v) is 9.01. The van der Waals surface area contributed by atoms with Gasteiger partial charge in [-0.05, 0) is 31.3 Å². The van der Waals surface area contributed by atoms with Crippen LogP contribution in [0.5, 0.6) is 0 Å². The summed E-state index contributed by atoms with van der Waals surface area (Å²) < 4.78 is 0. The Balaban J connectivity index is 1.72. The van der Waals surface area contributed by atoms with Crippen molar-refractivity contribution in [1.29, 1.82) is 0 Å². The van der Waals surface area contributed by atoms with Crippen LogP contribution in [0.3, 0.4) is 0 Å². The van der Waals surface area contributed by atoms with Gasteiger partial charge in [-0.3, -0.25) is 14.5 Å². The largest absolute Gasteiger partial charge is 0.321 e. The first-order chi connectivity index (χ1) is 12.5. The Labute approximate surface area is 158 Å². The number of carbonyl (C=O) groups excluding carboxylic acids is 2. The normalized spacial score (nSPS) is 15.6. The average Bonchev–Trinajstić information content (AvgIpc) is 2.64. The Morgan fingerprint density at radius 2 is 1.58 bits per heavy atom. The summed E-state index contributed by atoms with van der Waals surface area (Å²) in [6.07, 6.45) is 0. The highest BCUT2D eigenvalue weighted by atomic mass is 35.5. The van der Waals surface area contributed by atoms with Crippen LogP contribution in [0.2, 0.25) is 5.02 Å². The number of Topliss-reactive ketones (excluding diaryl/α,β-unsaturated/α-hetero) is 1. The van der Waals surface area contributed by atoms with E-state index in [0.29, 0.717) is 28.4 Å². The minimum absolute atomic E-state index is 0.00427. The number of ketones is 1. The van der Waals surface area contributed by atoms with Crippen molar-refractivity contribution in [2.24, 2.45) is 0 Å². The number of likely N-dealkylation sites (N-methyl/N-ethyl adjacent to an activating group) is 1. The van der Waals surface area contributed by atoms with Crippen molar-refractivity contribution >= 4 is 29.0 Å². The lowest BCUT2D eigenvalue weighted by molar-refractivity contribution is 0.0877. The van der Waals surface area contributed by atoms with Gasteiger partial charge < -0.3 is 10.2 Å². The topological polar surface area (TPSA) is 52.6 Å². The molecule has 2 aromatic rings. The minimum Gasteiger partial charge on any atom is -0.321 e. The van der Waals surface area contributed by atoms with Crippen LogP contribution in [0.1, 0.15) is 20.7 Å². The number of piperazine rings is 1. The molecule has 0 spiro atoms. The van der Waals surface area contributed by atoms with E-state index in [1.54, 1.807) is 42.5 Å². The molecule has 136 valence electrons. The molecule has 0 saturated carbocycles. The number of hydrogen-bond donors (Lipinski definition) is 1. The standard InChI is InChI=1S/C20H22ClN3O2/c1-23-10-12-24(13-11-23)14-19(25)16-7-3-5-9-18(16)22-20(26)15-6-2-4-8-17(15)21/h2-9H,10-14H2,1H3,(H,22,26). The molecular formula is C20H22ClN3O2. The second-order valence-electron chi connectivity index (χ2n) is 6.48. The molecule has 5 nitrogen and oxygen atoms in total. The van der Waals surface area contributed by atoms with E-state index < -0.39 is 0 Å². The minimum atomic E-state index is -0.324. The summed E-state index contributed by atoms with van der Waals surface area (Å²) in [6, 6.07) is 14.0. The monoisotopic (exact) mass is 371 g/mol. The molecule has 0 unspecified atom stereocenters. The van der Waals surface area contributed by atoms with Crippen molar-refractivity contribution < 1.29 is 9.59 Å². The van der Waals surface area contributed by atoms with Crippen molar-refractivity contribution in [3.8, 4) is 0 Å². The number of nitrogens with zero attached hydrogens (tertiary/aromatic N) is 2. The van der Waals surface area contributed by atoms with Gasteiger partial charge in [-0.25, -0.2) is 0 Å². The predicted molar refractivity (Wildman–Crippen MR) is 104 cm³/mol. The molecule has 0 atom stereocenters. The number of benzene rings is 2. The number of nitrogens with one attached hydrogen (secondary N) is 1. The molecule has 1 heterocycles. The van der Waals surface area contributed by atoms with Gasteiger partial charge in [-0.15, -0.1) is 0 Å². The van der Waals surface area contributed by atoms with E-state index in [2.05, 4.69) is 22.2 Å². The third kappa shape index (κ3) is 4.49. The number of hydrogen-bond acceptors (Lipinski definition) is 4. The van der Waals surface area contributed by atoms with E-state index in [9.17, 15) is 9.59 Å². The molecule has 0 aromatic heterocycles. The molecule has 0 bridgehead atoms. The Hall–Kier alpha value is -2.21. The molecule has 0 aliphatic carbocycles. The van der Waals surface area contributed by atoms with Crippen molar-refractivity contribution in [2.75, 3.05) is 45.1 Å². The summed E-state index contributed by atoms with van der Waals surface area (Å²) in [6.45, 7) is 4.01. The Bertz CT molecular complexity index is 801. The fourth-order valence-electron chi connectivity index (χ4n) is 2.96. The molecule has 0 radical (unpaired) electrons. The van der Waals surface area contributed by atoms with Crippen LogP contribution >= 0.6 is 11.6 Å². The Kier molecular flexibility index (Phi) is 6.04. The third-order valence-electron chi connectivity index (χ3n) is 4.56. The van der Waals surface area contributed by atoms with Gasteiger partial charge in [0.2, 0.25) is 0 Å². The van der Waals surface area contributed by atoms with Crippen molar-refractivity contribution in [3.05, 3.63) is 64.7 Å². The van der Waals surface area contributed by atoms with Gasteiger partial charge in [0.25, 0.3) is 5.91 Å². The zero-order valence-corrected chi connectivity index (χ0v) is 15.5. The van der Waals surface area contributed by atoms with E-state index in [-0.39, 0.29) is 11.7 Å². The quantitative estimate of drug-likeness (QED) is 0.821. The van der Waals surface area contributed by atoms with E-state index in [4.69, 9.17) is 11.6 Å². The number of amides is 1. The molecule has 2 aromatic carbocycles. The number of halogens is 1. The van der Waals surface area contributed by atoms with Gasteiger partial charge in [-0.1, -0.05) is 35.9 Å². The summed E-state index contributed by atoms with van der Waals surface area (Å²) in [5, 5.41) is 3.20. The highest BCUT2D eigenvalue weighted by Crippen LogP contribution is 2.20. The zero-order valence-electron chi connectivity index (χ0n) is 14.7. The maximum atomic E-state index is 12.8. The third-order valence-corrected chi connectivity index (χ3v) is 4.89.